The topological polar surface area (TPSA) is 61.0 Å². The fraction of sp³-hybridized carbons (Fsp3) is 0.529. The van der Waals surface area contributed by atoms with E-state index in [4.69, 9.17) is 0 Å². The Morgan fingerprint density at radius 1 is 1.48 bits per heavy atom. The average Bonchev–Trinajstić information content (AvgIpc) is 2.97. The highest BCUT2D eigenvalue weighted by Gasteiger charge is 2.57. The van der Waals surface area contributed by atoms with Gasteiger partial charge in [-0.3, -0.25) is 9.89 Å². The van der Waals surface area contributed by atoms with E-state index in [9.17, 15) is 4.79 Å². The third kappa shape index (κ3) is 2.81. The van der Waals surface area contributed by atoms with E-state index in [1.165, 1.54) is 18.4 Å². The molecular formula is C17H22N4OS. The fourth-order valence-corrected chi connectivity index (χ4v) is 4.47. The number of hydrogen-bond acceptors (Lipinski definition) is 4. The fourth-order valence-electron chi connectivity index (χ4n) is 3.81. The number of rotatable bonds is 4. The van der Waals surface area contributed by atoms with E-state index in [1.54, 1.807) is 11.3 Å². The van der Waals surface area contributed by atoms with Gasteiger partial charge >= 0.3 is 0 Å². The molecule has 1 saturated carbocycles. The summed E-state index contributed by atoms with van der Waals surface area (Å²) >= 11 is 1.68. The average molecular weight is 330 g/mol. The van der Waals surface area contributed by atoms with Crippen molar-refractivity contribution in [1.82, 2.24) is 20.4 Å². The lowest BCUT2D eigenvalue weighted by molar-refractivity contribution is 0.0686. The van der Waals surface area contributed by atoms with Gasteiger partial charge < -0.3 is 10.2 Å². The summed E-state index contributed by atoms with van der Waals surface area (Å²) < 4.78 is 0. The van der Waals surface area contributed by atoms with Gasteiger partial charge in [-0.1, -0.05) is 0 Å². The van der Waals surface area contributed by atoms with Crippen LogP contribution in [0.2, 0.25) is 0 Å². The Bertz CT molecular complexity index is 687. The highest BCUT2D eigenvalue weighted by molar-refractivity contribution is 7.07. The quantitative estimate of drug-likeness (QED) is 0.906. The number of amides is 1. The van der Waals surface area contributed by atoms with Crippen LogP contribution in [0.1, 0.15) is 41.0 Å². The molecule has 0 aromatic carbocycles. The summed E-state index contributed by atoms with van der Waals surface area (Å²) in [6, 6.07) is 4.31. The summed E-state index contributed by atoms with van der Waals surface area (Å²) in [6.07, 6.45) is 3.48. The van der Waals surface area contributed by atoms with Gasteiger partial charge in [0.25, 0.3) is 5.91 Å². The van der Waals surface area contributed by atoms with E-state index in [2.05, 4.69) is 37.2 Å². The Morgan fingerprint density at radius 3 is 2.96 bits per heavy atom. The number of hydrogen-bond donors (Lipinski definition) is 2. The molecule has 1 aliphatic carbocycles. The van der Waals surface area contributed by atoms with E-state index < -0.39 is 0 Å². The minimum absolute atomic E-state index is 0.0564. The molecule has 5 nitrogen and oxygen atoms in total. The maximum Gasteiger partial charge on any atom is 0.274 e. The van der Waals surface area contributed by atoms with Gasteiger partial charge in [-0.2, -0.15) is 16.4 Å². The molecule has 2 aromatic rings. The molecule has 122 valence electrons. The Labute approximate surface area is 140 Å². The summed E-state index contributed by atoms with van der Waals surface area (Å²) in [5, 5.41) is 14.7. The van der Waals surface area contributed by atoms with Crippen LogP contribution in [-0.2, 0) is 6.54 Å². The number of aryl methyl sites for hydroxylation is 1. The summed E-state index contributed by atoms with van der Waals surface area (Å²) in [5.74, 6) is 0.0564. The molecule has 2 aromatic heterocycles. The molecule has 4 rings (SSSR count). The Kier molecular flexibility index (Phi) is 3.73. The predicted octanol–water partition coefficient (Wildman–Crippen LogP) is 2.56. The van der Waals surface area contributed by atoms with Gasteiger partial charge in [0.05, 0.1) is 0 Å². The smallest absolute Gasteiger partial charge is 0.274 e. The molecule has 2 N–H and O–H groups in total. The van der Waals surface area contributed by atoms with E-state index in [0.29, 0.717) is 23.7 Å². The van der Waals surface area contributed by atoms with Crippen molar-refractivity contribution < 1.29 is 4.79 Å². The molecule has 1 spiro atoms. The van der Waals surface area contributed by atoms with E-state index in [1.807, 2.05) is 13.0 Å². The van der Waals surface area contributed by atoms with E-state index in [-0.39, 0.29) is 5.91 Å². The number of aromatic nitrogens is 2. The number of carbonyl (C=O) groups is 1. The maximum atomic E-state index is 13.0. The van der Waals surface area contributed by atoms with Crippen LogP contribution < -0.4 is 5.32 Å². The number of thiophene rings is 1. The third-order valence-electron chi connectivity index (χ3n) is 5.24. The first-order valence-electron chi connectivity index (χ1n) is 8.23. The third-order valence-corrected chi connectivity index (χ3v) is 5.97. The van der Waals surface area contributed by atoms with Gasteiger partial charge in [0, 0.05) is 18.3 Å². The van der Waals surface area contributed by atoms with E-state index >= 15 is 0 Å². The number of piperidine rings is 1. The zero-order valence-electron chi connectivity index (χ0n) is 13.3. The molecule has 6 heteroatoms. The first-order valence-corrected chi connectivity index (χ1v) is 9.17. The summed E-state index contributed by atoms with van der Waals surface area (Å²) in [7, 11) is 0. The van der Waals surface area contributed by atoms with Crippen molar-refractivity contribution in [2.45, 2.75) is 38.8 Å². The zero-order valence-corrected chi connectivity index (χ0v) is 14.2. The molecule has 3 heterocycles. The Balaban J connectivity index is 1.58. The Morgan fingerprint density at radius 2 is 2.30 bits per heavy atom. The lowest BCUT2D eigenvalue weighted by Crippen LogP contribution is -2.39. The van der Waals surface area contributed by atoms with Crippen molar-refractivity contribution in [3.63, 3.8) is 0 Å². The van der Waals surface area contributed by atoms with Gasteiger partial charge in [0.15, 0.2) is 0 Å². The molecule has 1 aliphatic heterocycles. The Hall–Kier alpha value is -1.66. The normalized spacial score (nSPS) is 22.2. The highest BCUT2D eigenvalue weighted by atomic mass is 32.1. The van der Waals surface area contributed by atoms with Crippen molar-refractivity contribution in [2.75, 3.05) is 13.1 Å². The maximum absolute atomic E-state index is 13.0. The van der Waals surface area contributed by atoms with Crippen LogP contribution in [0.15, 0.2) is 22.9 Å². The van der Waals surface area contributed by atoms with Crippen molar-refractivity contribution in [3.8, 4) is 0 Å². The standard InChI is InChI=1S/C17H22N4OS/c1-12-8-14(20-19-12)16(22)21(10-13-2-7-23-11-13)15-9-17(15)3-5-18-6-4-17/h2,7-8,11,15,18H,3-6,9-10H2,1H3,(H,19,20). The van der Waals surface area contributed by atoms with Gasteiger partial charge in [-0.15, -0.1) is 0 Å². The molecule has 0 radical (unpaired) electrons. The van der Waals surface area contributed by atoms with Crippen LogP contribution in [0, 0.1) is 12.3 Å². The number of nitrogens with zero attached hydrogens (tertiary/aromatic N) is 2. The molecule has 1 atom stereocenters. The minimum atomic E-state index is 0.0564. The van der Waals surface area contributed by atoms with Crippen LogP contribution in [-0.4, -0.2) is 40.1 Å². The second-order valence-corrected chi connectivity index (χ2v) is 7.61. The zero-order chi connectivity index (χ0) is 15.9. The highest BCUT2D eigenvalue weighted by Crippen LogP contribution is 2.56. The predicted molar refractivity (Wildman–Crippen MR) is 90.5 cm³/mol. The largest absolute Gasteiger partial charge is 0.329 e. The number of nitrogens with one attached hydrogen (secondary N) is 2. The van der Waals surface area contributed by atoms with Crippen molar-refractivity contribution in [2.24, 2.45) is 5.41 Å². The molecule has 2 fully saturated rings. The molecule has 23 heavy (non-hydrogen) atoms. The van der Waals surface area contributed by atoms with Crippen LogP contribution in [0.25, 0.3) is 0 Å². The second-order valence-electron chi connectivity index (χ2n) is 6.83. The minimum Gasteiger partial charge on any atom is -0.329 e. The molecule has 1 saturated heterocycles. The summed E-state index contributed by atoms with van der Waals surface area (Å²) in [5.41, 5.74) is 3.01. The summed E-state index contributed by atoms with van der Waals surface area (Å²) in [4.78, 5) is 15.1. The number of carbonyl (C=O) groups excluding carboxylic acids is 1. The second kappa shape index (κ2) is 5.76. The SMILES string of the molecule is Cc1cc(C(=O)N(Cc2ccsc2)C2CC23CCNCC3)n[nH]1. The number of H-pyrrole nitrogens is 1. The van der Waals surface area contributed by atoms with Gasteiger partial charge in [0.2, 0.25) is 0 Å². The molecule has 2 aliphatic rings. The summed E-state index contributed by atoms with van der Waals surface area (Å²) in [6.45, 7) is 4.75. The number of aromatic amines is 1. The van der Waals surface area contributed by atoms with Crippen molar-refractivity contribution >= 4 is 17.2 Å². The molecule has 1 unspecified atom stereocenters. The van der Waals surface area contributed by atoms with Crippen LogP contribution in [0.3, 0.4) is 0 Å². The van der Waals surface area contributed by atoms with E-state index in [0.717, 1.165) is 25.2 Å². The molecular weight excluding hydrogens is 308 g/mol. The lowest BCUT2D eigenvalue weighted by Gasteiger charge is -2.29. The molecule has 0 bridgehead atoms. The van der Waals surface area contributed by atoms with Gasteiger partial charge in [-0.25, -0.2) is 0 Å². The van der Waals surface area contributed by atoms with Crippen LogP contribution in [0.4, 0.5) is 0 Å². The van der Waals surface area contributed by atoms with Crippen molar-refractivity contribution in [3.05, 3.63) is 39.8 Å². The first kappa shape index (κ1) is 14.9. The van der Waals surface area contributed by atoms with Crippen molar-refractivity contribution in [1.29, 1.82) is 0 Å². The lowest BCUT2D eigenvalue weighted by atomic mass is 9.93. The van der Waals surface area contributed by atoms with Gasteiger partial charge in [0.1, 0.15) is 5.69 Å². The van der Waals surface area contributed by atoms with Crippen LogP contribution >= 0.6 is 11.3 Å². The van der Waals surface area contributed by atoms with Crippen LogP contribution in [0.5, 0.6) is 0 Å². The van der Waals surface area contributed by atoms with Gasteiger partial charge in [-0.05, 0) is 73.1 Å². The molecule has 1 amide bonds. The monoisotopic (exact) mass is 330 g/mol. The first-order chi connectivity index (χ1) is 11.2.